The van der Waals surface area contributed by atoms with Crippen molar-refractivity contribution < 1.29 is 24.3 Å². The first-order valence-corrected chi connectivity index (χ1v) is 9.20. The Labute approximate surface area is 166 Å². The lowest BCUT2D eigenvalue weighted by molar-refractivity contribution is -0.385. The van der Waals surface area contributed by atoms with Crippen LogP contribution in [-0.4, -0.2) is 23.1 Å². The Morgan fingerprint density at radius 1 is 1.28 bits per heavy atom. The number of benzene rings is 2. The van der Waals surface area contributed by atoms with E-state index in [1.165, 1.54) is 20.1 Å². The van der Waals surface area contributed by atoms with E-state index in [1.54, 1.807) is 12.1 Å². The van der Waals surface area contributed by atoms with Crippen LogP contribution in [0.5, 0.6) is 17.2 Å². The second-order valence-corrected chi connectivity index (χ2v) is 7.17. The van der Waals surface area contributed by atoms with Crippen LogP contribution in [0.1, 0.15) is 36.4 Å². The maximum absolute atomic E-state index is 11.3. The van der Waals surface area contributed by atoms with Gasteiger partial charge in [0.05, 0.1) is 29.8 Å². The SMILES string of the molecule is COc1cc(C2Nc3c(O)cc([N+](=O)[O-])cc3C3C=CCC32)ccc1OC(C)=O. The molecule has 2 N–H and O–H groups in total. The molecule has 0 saturated carbocycles. The van der Waals surface area contributed by atoms with Crippen LogP contribution < -0.4 is 14.8 Å². The molecule has 0 radical (unpaired) electrons. The minimum Gasteiger partial charge on any atom is -0.506 e. The van der Waals surface area contributed by atoms with Gasteiger partial charge >= 0.3 is 5.97 Å². The molecule has 1 heterocycles. The number of fused-ring (bicyclic) bond motifs is 3. The van der Waals surface area contributed by atoms with E-state index in [1.807, 2.05) is 12.1 Å². The Morgan fingerprint density at radius 2 is 2.07 bits per heavy atom. The van der Waals surface area contributed by atoms with Crippen LogP contribution in [0.25, 0.3) is 0 Å². The number of rotatable bonds is 4. The highest BCUT2D eigenvalue weighted by Crippen LogP contribution is 2.53. The summed E-state index contributed by atoms with van der Waals surface area (Å²) in [6.07, 6.45) is 4.88. The number of carbonyl (C=O) groups excluding carboxylic acids is 1. The lowest BCUT2D eigenvalue weighted by Crippen LogP contribution is -2.29. The Balaban J connectivity index is 1.76. The number of methoxy groups -OCH3 is 1. The monoisotopic (exact) mass is 396 g/mol. The van der Waals surface area contributed by atoms with E-state index in [9.17, 15) is 20.0 Å². The van der Waals surface area contributed by atoms with Crippen molar-refractivity contribution >= 4 is 17.3 Å². The molecule has 0 aromatic heterocycles. The number of phenols is 1. The van der Waals surface area contributed by atoms with Crippen molar-refractivity contribution in [1.82, 2.24) is 0 Å². The molecule has 150 valence electrons. The van der Waals surface area contributed by atoms with Crippen molar-refractivity contribution in [3.05, 3.63) is 63.7 Å². The highest BCUT2D eigenvalue weighted by molar-refractivity contribution is 5.72. The van der Waals surface area contributed by atoms with E-state index >= 15 is 0 Å². The Morgan fingerprint density at radius 3 is 2.76 bits per heavy atom. The first-order valence-electron chi connectivity index (χ1n) is 9.20. The topological polar surface area (TPSA) is 111 Å². The third kappa shape index (κ3) is 3.26. The summed E-state index contributed by atoms with van der Waals surface area (Å²) in [6.45, 7) is 1.32. The predicted molar refractivity (Wildman–Crippen MR) is 105 cm³/mol. The summed E-state index contributed by atoms with van der Waals surface area (Å²) >= 11 is 0. The first kappa shape index (κ1) is 18.8. The molecule has 0 amide bonds. The van der Waals surface area contributed by atoms with Gasteiger partial charge in [0, 0.05) is 18.9 Å². The summed E-state index contributed by atoms with van der Waals surface area (Å²) in [5.41, 5.74) is 1.99. The third-order valence-electron chi connectivity index (χ3n) is 5.44. The molecule has 8 heteroatoms. The standard InChI is InChI=1S/C21H20N2O6/c1-11(24)29-18-7-6-12(8-19(18)28-2)20-15-5-3-4-14(15)16-9-13(23(26)27)10-17(25)21(16)22-20/h3-4,6-10,14-15,20,22,25H,5H2,1-2H3. The second kappa shape index (κ2) is 7.12. The summed E-state index contributed by atoms with van der Waals surface area (Å²) < 4.78 is 10.6. The molecule has 0 saturated heterocycles. The van der Waals surface area contributed by atoms with Crippen molar-refractivity contribution in [2.45, 2.75) is 25.3 Å². The van der Waals surface area contributed by atoms with Gasteiger partial charge in [-0.3, -0.25) is 14.9 Å². The van der Waals surface area contributed by atoms with Crippen molar-refractivity contribution in [3.8, 4) is 17.2 Å². The van der Waals surface area contributed by atoms with Crippen LogP contribution in [0, 0.1) is 16.0 Å². The van der Waals surface area contributed by atoms with Crippen LogP contribution in [0.15, 0.2) is 42.5 Å². The highest BCUT2D eigenvalue weighted by atomic mass is 16.6. The third-order valence-corrected chi connectivity index (χ3v) is 5.44. The zero-order valence-electron chi connectivity index (χ0n) is 15.9. The molecular formula is C21H20N2O6. The average Bonchev–Trinajstić information content (AvgIpc) is 3.17. The number of nitrogens with one attached hydrogen (secondary N) is 1. The minimum atomic E-state index is -0.502. The summed E-state index contributed by atoms with van der Waals surface area (Å²) in [5.74, 6) is 0.239. The maximum Gasteiger partial charge on any atom is 0.308 e. The van der Waals surface area contributed by atoms with E-state index in [4.69, 9.17) is 9.47 Å². The number of ether oxygens (including phenoxy) is 2. The lowest BCUT2D eigenvalue weighted by atomic mass is 9.76. The number of carbonyl (C=O) groups is 1. The van der Waals surface area contributed by atoms with Gasteiger partial charge < -0.3 is 19.9 Å². The number of nitrogens with zero attached hydrogens (tertiary/aromatic N) is 1. The van der Waals surface area contributed by atoms with E-state index in [2.05, 4.69) is 11.4 Å². The Hall–Kier alpha value is -3.55. The number of hydrogen-bond donors (Lipinski definition) is 2. The zero-order valence-corrected chi connectivity index (χ0v) is 15.9. The smallest absolute Gasteiger partial charge is 0.308 e. The van der Waals surface area contributed by atoms with E-state index in [0.29, 0.717) is 17.2 Å². The maximum atomic E-state index is 11.3. The molecule has 1 aliphatic carbocycles. The van der Waals surface area contributed by atoms with Gasteiger partial charge in [-0.2, -0.15) is 0 Å². The van der Waals surface area contributed by atoms with Crippen molar-refractivity contribution in [2.24, 2.45) is 5.92 Å². The van der Waals surface area contributed by atoms with Crippen LogP contribution >= 0.6 is 0 Å². The number of nitro groups is 1. The van der Waals surface area contributed by atoms with E-state index in [0.717, 1.165) is 23.6 Å². The number of non-ortho nitro benzene ring substituents is 1. The lowest BCUT2D eigenvalue weighted by Gasteiger charge is -2.37. The predicted octanol–water partition coefficient (Wildman–Crippen LogP) is 4.06. The quantitative estimate of drug-likeness (QED) is 0.200. The number of nitro benzene ring substituents is 1. The van der Waals surface area contributed by atoms with Crippen molar-refractivity contribution in [2.75, 3.05) is 12.4 Å². The number of anilines is 1. The number of esters is 1. The largest absolute Gasteiger partial charge is 0.506 e. The zero-order chi connectivity index (χ0) is 20.7. The van der Waals surface area contributed by atoms with Crippen molar-refractivity contribution in [1.29, 1.82) is 0 Å². The van der Waals surface area contributed by atoms with Gasteiger partial charge in [0.1, 0.15) is 5.75 Å². The molecule has 0 fully saturated rings. The number of hydrogen-bond acceptors (Lipinski definition) is 7. The summed E-state index contributed by atoms with van der Waals surface area (Å²) in [7, 11) is 1.50. The van der Waals surface area contributed by atoms with E-state index in [-0.39, 0.29) is 29.3 Å². The molecule has 3 atom stereocenters. The summed E-state index contributed by atoms with van der Waals surface area (Å²) in [5, 5.41) is 25.0. The van der Waals surface area contributed by atoms with Crippen molar-refractivity contribution in [3.63, 3.8) is 0 Å². The number of allylic oxidation sites excluding steroid dienone is 2. The van der Waals surface area contributed by atoms with Gasteiger partial charge in [0.2, 0.25) is 0 Å². The molecule has 3 unspecified atom stereocenters. The van der Waals surface area contributed by atoms with Crippen LogP contribution in [-0.2, 0) is 4.79 Å². The number of aromatic hydroxyl groups is 1. The fourth-order valence-corrected chi connectivity index (χ4v) is 4.22. The number of phenolic OH excluding ortho intramolecular Hbond substituents is 1. The molecule has 4 rings (SSSR count). The summed E-state index contributed by atoms with van der Waals surface area (Å²) in [6, 6.07) is 7.86. The fourth-order valence-electron chi connectivity index (χ4n) is 4.22. The van der Waals surface area contributed by atoms with Gasteiger partial charge in [-0.25, -0.2) is 0 Å². The van der Waals surface area contributed by atoms with Gasteiger partial charge in [0.15, 0.2) is 11.5 Å². The van der Waals surface area contributed by atoms with E-state index < -0.39 is 10.9 Å². The Kier molecular flexibility index (Phi) is 4.62. The van der Waals surface area contributed by atoms with Crippen LogP contribution in [0.4, 0.5) is 11.4 Å². The molecule has 2 aromatic rings. The van der Waals surface area contributed by atoms with Crippen LogP contribution in [0.2, 0.25) is 0 Å². The fraction of sp³-hybridized carbons (Fsp3) is 0.286. The molecular weight excluding hydrogens is 376 g/mol. The first-order chi connectivity index (χ1) is 13.9. The normalized spacial score (nSPS) is 21.7. The second-order valence-electron chi connectivity index (χ2n) is 7.17. The molecule has 2 aliphatic rings. The molecule has 2 aromatic carbocycles. The Bertz CT molecular complexity index is 1030. The molecule has 1 aliphatic heterocycles. The van der Waals surface area contributed by atoms with Gasteiger partial charge in [-0.1, -0.05) is 18.2 Å². The average molecular weight is 396 g/mol. The van der Waals surface area contributed by atoms with Gasteiger partial charge in [-0.05, 0) is 35.6 Å². The van der Waals surface area contributed by atoms with Gasteiger partial charge in [0.25, 0.3) is 5.69 Å². The van der Waals surface area contributed by atoms with Gasteiger partial charge in [-0.15, -0.1) is 0 Å². The molecule has 0 bridgehead atoms. The minimum absolute atomic E-state index is 0.0545. The molecule has 0 spiro atoms. The molecule has 29 heavy (non-hydrogen) atoms. The summed E-state index contributed by atoms with van der Waals surface area (Å²) in [4.78, 5) is 22.0. The van der Waals surface area contributed by atoms with Crippen LogP contribution in [0.3, 0.4) is 0 Å². The highest BCUT2D eigenvalue weighted by Gasteiger charge is 2.40. The molecule has 8 nitrogen and oxygen atoms in total.